The number of hydrogen-bond donors (Lipinski definition) is 2. The zero-order valence-corrected chi connectivity index (χ0v) is 14.7. The van der Waals surface area contributed by atoms with Gasteiger partial charge in [0.1, 0.15) is 23.0 Å². The minimum absolute atomic E-state index is 0.188. The van der Waals surface area contributed by atoms with Crippen LogP contribution in [0.4, 0.5) is 5.00 Å². The van der Waals surface area contributed by atoms with E-state index >= 15 is 0 Å². The van der Waals surface area contributed by atoms with Crippen molar-refractivity contribution in [3.05, 3.63) is 16.0 Å². The summed E-state index contributed by atoms with van der Waals surface area (Å²) < 4.78 is 14.7. The first-order chi connectivity index (χ1) is 11.5. The number of esters is 2. The summed E-state index contributed by atoms with van der Waals surface area (Å²) in [5.41, 5.74) is 0.626. The number of quaternary nitrogens is 1. The van der Waals surface area contributed by atoms with Crippen LogP contribution in [-0.4, -0.2) is 64.9 Å². The van der Waals surface area contributed by atoms with Crippen molar-refractivity contribution in [1.82, 2.24) is 0 Å². The van der Waals surface area contributed by atoms with Crippen molar-refractivity contribution < 1.29 is 33.5 Å². The summed E-state index contributed by atoms with van der Waals surface area (Å²) in [6.07, 6.45) is 0. The van der Waals surface area contributed by atoms with Crippen molar-refractivity contribution in [2.75, 3.05) is 52.4 Å². The Morgan fingerprint density at radius 2 is 1.79 bits per heavy atom. The molecule has 0 atom stereocenters. The van der Waals surface area contributed by atoms with Gasteiger partial charge < -0.3 is 24.4 Å². The maximum Gasteiger partial charge on any atom is 0.348 e. The van der Waals surface area contributed by atoms with Crippen LogP contribution in [0.2, 0.25) is 0 Å². The van der Waals surface area contributed by atoms with E-state index in [1.165, 1.54) is 14.2 Å². The number of carbonyl (C=O) groups is 3. The maximum atomic E-state index is 12.3. The van der Waals surface area contributed by atoms with Crippen LogP contribution in [0.1, 0.15) is 25.6 Å². The smallest absolute Gasteiger partial charge is 0.348 e. The van der Waals surface area contributed by atoms with Gasteiger partial charge in [-0.2, -0.15) is 0 Å². The highest BCUT2D eigenvalue weighted by Crippen LogP contribution is 2.34. The van der Waals surface area contributed by atoms with E-state index in [1.54, 1.807) is 6.92 Å². The quantitative estimate of drug-likeness (QED) is 0.689. The topological polar surface area (TPSA) is 95.4 Å². The van der Waals surface area contributed by atoms with Gasteiger partial charge >= 0.3 is 11.9 Å². The van der Waals surface area contributed by atoms with Crippen LogP contribution in [0.25, 0.3) is 0 Å². The number of amides is 1. The summed E-state index contributed by atoms with van der Waals surface area (Å²) >= 11 is 1.01. The van der Waals surface area contributed by atoms with Gasteiger partial charge in [0.15, 0.2) is 6.54 Å². The fourth-order valence-electron chi connectivity index (χ4n) is 2.47. The molecular weight excluding hydrogens is 336 g/mol. The Hall–Kier alpha value is -1.97. The highest BCUT2D eigenvalue weighted by atomic mass is 32.1. The Kier molecular flexibility index (Phi) is 6.29. The van der Waals surface area contributed by atoms with Crippen molar-refractivity contribution in [1.29, 1.82) is 0 Å². The average molecular weight is 357 g/mol. The highest BCUT2D eigenvalue weighted by Gasteiger charge is 2.27. The summed E-state index contributed by atoms with van der Waals surface area (Å²) in [7, 11) is 2.51. The molecule has 1 aromatic heterocycles. The zero-order chi connectivity index (χ0) is 17.7. The van der Waals surface area contributed by atoms with Gasteiger partial charge in [-0.1, -0.05) is 0 Å². The number of nitrogens with one attached hydrogen (secondary N) is 2. The lowest BCUT2D eigenvalue weighted by atomic mass is 10.1. The molecule has 24 heavy (non-hydrogen) atoms. The number of methoxy groups -OCH3 is 2. The van der Waals surface area contributed by atoms with Crippen LogP contribution < -0.4 is 10.2 Å². The Labute approximate surface area is 143 Å². The number of hydrogen-bond acceptors (Lipinski definition) is 7. The number of thiophene rings is 1. The molecule has 0 aromatic carbocycles. The van der Waals surface area contributed by atoms with Gasteiger partial charge in [0.25, 0.3) is 5.91 Å². The van der Waals surface area contributed by atoms with Crippen LogP contribution in [0.3, 0.4) is 0 Å². The second-order valence-corrected chi connectivity index (χ2v) is 6.35. The van der Waals surface area contributed by atoms with E-state index in [4.69, 9.17) is 14.2 Å². The lowest BCUT2D eigenvalue weighted by Gasteiger charge is -2.22. The first-order valence-corrected chi connectivity index (χ1v) is 8.30. The molecule has 8 nitrogen and oxygen atoms in total. The Morgan fingerprint density at radius 3 is 2.38 bits per heavy atom. The molecule has 1 aliphatic heterocycles. The minimum atomic E-state index is -0.604. The predicted molar refractivity (Wildman–Crippen MR) is 86.7 cm³/mol. The van der Waals surface area contributed by atoms with Crippen LogP contribution in [0, 0.1) is 6.92 Å². The molecule has 0 aliphatic carbocycles. The van der Waals surface area contributed by atoms with Gasteiger partial charge in [0.2, 0.25) is 0 Å². The molecule has 2 rings (SSSR count). The van der Waals surface area contributed by atoms with Crippen molar-refractivity contribution in [2.24, 2.45) is 0 Å². The number of anilines is 1. The summed E-state index contributed by atoms with van der Waals surface area (Å²) in [6, 6.07) is 0. The highest BCUT2D eigenvalue weighted by molar-refractivity contribution is 7.18. The lowest BCUT2D eigenvalue weighted by Crippen LogP contribution is -3.15. The standard InChI is InChI=1S/C15H20N2O6S/c1-9-11(14(19)21-2)13(24-12(9)15(20)22-3)16-10(18)8-17-4-6-23-7-5-17/h4-8H2,1-3H3,(H,16,18)/p+1. The number of carbonyl (C=O) groups excluding carboxylic acids is 3. The molecule has 0 unspecified atom stereocenters. The monoisotopic (exact) mass is 357 g/mol. The molecule has 0 spiro atoms. The predicted octanol–water partition coefficient (Wildman–Crippen LogP) is -0.517. The van der Waals surface area contributed by atoms with E-state index in [0.717, 1.165) is 29.3 Å². The first-order valence-electron chi connectivity index (χ1n) is 7.49. The van der Waals surface area contributed by atoms with Crippen molar-refractivity contribution >= 4 is 34.2 Å². The van der Waals surface area contributed by atoms with E-state index in [0.29, 0.717) is 23.8 Å². The SMILES string of the molecule is COC(=O)c1sc(NC(=O)C[NH+]2CCOCC2)c(C(=O)OC)c1C. The van der Waals surface area contributed by atoms with E-state index in [9.17, 15) is 14.4 Å². The van der Waals surface area contributed by atoms with E-state index in [2.05, 4.69) is 5.32 Å². The first kappa shape index (κ1) is 18.4. The molecule has 0 saturated carbocycles. The van der Waals surface area contributed by atoms with Crippen LogP contribution in [0.5, 0.6) is 0 Å². The van der Waals surface area contributed by atoms with Crippen LogP contribution in [-0.2, 0) is 19.0 Å². The molecule has 1 aliphatic rings. The summed E-state index contributed by atoms with van der Waals surface area (Å²) in [4.78, 5) is 37.5. The maximum absolute atomic E-state index is 12.3. The summed E-state index contributed by atoms with van der Waals surface area (Å²) in [6.45, 7) is 4.66. The second-order valence-electron chi connectivity index (χ2n) is 5.33. The molecule has 9 heteroatoms. The molecule has 2 heterocycles. The molecule has 1 amide bonds. The fourth-order valence-corrected chi connectivity index (χ4v) is 3.60. The third kappa shape index (κ3) is 4.11. The van der Waals surface area contributed by atoms with E-state index in [-0.39, 0.29) is 22.9 Å². The Balaban J connectivity index is 2.19. The number of rotatable bonds is 5. The molecule has 0 radical (unpaired) electrons. The molecule has 0 bridgehead atoms. The second kappa shape index (κ2) is 8.22. The third-order valence-electron chi connectivity index (χ3n) is 3.77. The van der Waals surface area contributed by atoms with Gasteiger partial charge in [-0.15, -0.1) is 11.3 Å². The Morgan fingerprint density at radius 1 is 1.17 bits per heavy atom. The van der Waals surface area contributed by atoms with Crippen molar-refractivity contribution in [3.63, 3.8) is 0 Å². The summed E-state index contributed by atoms with van der Waals surface area (Å²) in [5.74, 6) is -1.38. The fraction of sp³-hybridized carbons (Fsp3) is 0.533. The molecule has 132 valence electrons. The van der Waals surface area contributed by atoms with Crippen molar-refractivity contribution in [2.45, 2.75) is 6.92 Å². The van der Waals surface area contributed by atoms with Crippen LogP contribution in [0.15, 0.2) is 0 Å². The largest absolute Gasteiger partial charge is 0.465 e. The molecule has 1 aromatic rings. The van der Waals surface area contributed by atoms with Crippen LogP contribution >= 0.6 is 11.3 Å². The van der Waals surface area contributed by atoms with E-state index in [1.807, 2.05) is 0 Å². The van der Waals surface area contributed by atoms with Gasteiger partial charge in [0, 0.05) is 0 Å². The lowest BCUT2D eigenvalue weighted by molar-refractivity contribution is -0.899. The Bertz CT molecular complexity index is 636. The van der Waals surface area contributed by atoms with Gasteiger partial charge in [-0.25, -0.2) is 9.59 Å². The van der Waals surface area contributed by atoms with Gasteiger partial charge in [0.05, 0.1) is 33.0 Å². The average Bonchev–Trinajstić information content (AvgIpc) is 2.90. The molecule has 2 N–H and O–H groups in total. The normalized spacial score (nSPS) is 15.0. The van der Waals surface area contributed by atoms with Gasteiger partial charge in [-0.05, 0) is 12.5 Å². The number of ether oxygens (including phenoxy) is 3. The van der Waals surface area contributed by atoms with E-state index < -0.39 is 11.9 Å². The minimum Gasteiger partial charge on any atom is -0.465 e. The zero-order valence-electron chi connectivity index (χ0n) is 13.9. The molecular formula is C15H21N2O6S+. The van der Waals surface area contributed by atoms with Gasteiger partial charge in [-0.3, -0.25) is 4.79 Å². The molecule has 1 saturated heterocycles. The molecule has 1 fully saturated rings. The number of morpholine rings is 1. The summed E-state index contributed by atoms with van der Waals surface area (Å²) in [5, 5.41) is 3.03. The van der Waals surface area contributed by atoms with Crippen molar-refractivity contribution in [3.8, 4) is 0 Å². The third-order valence-corrected chi connectivity index (χ3v) is 4.96.